The molecule has 0 unspecified atom stereocenters. The van der Waals surface area contributed by atoms with Gasteiger partial charge in [0.2, 0.25) is 0 Å². The molecule has 1 aliphatic rings. The zero-order valence-electron chi connectivity index (χ0n) is 20.4. The van der Waals surface area contributed by atoms with Crippen molar-refractivity contribution in [2.45, 2.75) is 19.3 Å². The second kappa shape index (κ2) is 6.86. The molecule has 6 aromatic carbocycles. The maximum atomic E-state index is 2.50. The molecule has 1 heterocycles. The molecule has 0 aliphatic heterocycles. The van der Waals surface area contributed by atoms with Crippen LogP contribution >= 0.6 is 0 Å². The van der Waals surface area contributed by atoms with Crippen molar-refractivity contribution in [1.82, 2.24) is 4.57 Å². The number of hydrogen-bond acceptors (Lipinski definition) is 0. The van der Waals surface area contributed by atoms with Gasteiger partial charge in [0, 0.05) is 27.3 Å². The topological polar surface area (TPSA) is 4.93 Å². The van der Waals surface area contributed by atoms with Crippen LogP contribution in [0.2, 0.25) is 0 Å². The van der Waals surface area contributed by atoms with Crippen LogP contribution < -0.4 is 0 Å². The summed E-state index contributed by atoms with van der Waals surface area (Å²) >= 11 is 0. The molecule has 1 aromatic heterocycles. The molecule has 36 heavy (non-hydrogen) atoms. The fourth-order valence-corrected chi connectivity index (χ4v) is 6.72. The summed E-state index contributed by atoms with van der Waals surface area (Å²) in [5, 5.41) is 7.81. The number of nitrogens with zero attached hydrogens (tertiary/aromatic N) is 1. The van der Waals surface area contributed by atoms with Crippen molar-refractivity contribution in [3.8, 4) is 16.8 Å². The second-order valence-electron chi connectivity index (χ2n) is 10.6. The number of rotatable bonds is 1. The minimum atomic E-state index is -0.0790. The van der Waals surface area contributed by atoms with Crippen LogP contribution in [0.25, 0.3) is 60.2 Å². The molecule has 0 spiro atoms. The van der Waals surface area contributed by atoms with Gasteiger partial charge in [-0.25, -0.2) is 0 Å². The largest absolute Gasteiger partial charge is 0.309 e. The lowest BCUT2D eigenvalue weighted by atomic mass is 9.80. The maximum absolute atomic E-state index is 2.50. The van der Waals surface area contributed by atoms with E-state index >= 15 is 0 Å². The maximum Gasteiger partial charge on any atom is 0.0622 e. The minimum absolute atomic E-state index is 0.0790. The van der Waals surface area contributed by atoms with Crippen LogP contribution in [0.1, 0.15) is 25.0 Å². The second-order valence-corrected chi connectivity index (χ2v) is 10.6. The molecular weight excluding hydrogens is 434 g/mol. The van der Waals surface area contributed by atoms with Gasteiger partial charge in [0.25, 0.3) is 0 Å². The van der Waals surface area contributed by atoms with Crippen molar-refractivity contribution in [2.75, 3.05) is 0 Å². The average molecular weight is 460 g/mol. The Morgan fingerprint density at radius 3 is 2.19 bits per heavy atom. The molecule has 7 aromatic rings. The lowest BCUT2D eigenvalue weighted by molar-refractivity contribution is 0.666. The van der Waals surface area contributed by atoms with Gasteiger partial charge in [0.05, 0.1) is 11.0 Å². The van der Waals surface area contributed by atoms with E-state index in [0.717, 1.165) is 0 Å². The van der Waals surface area contributed by atoms with Crippen LogP contribution in [0.15, 0.2) is 115 Å². The molecule has 0 bridgehead atoms. The Kier molecular flexibility index (Phi) is 3.79. The van der Waals surface area contributed by atoms with Gasteiger partial charge in [0.15, 0.2) is 0 Å². The van der Waals surface area contributed by atoms with Crippen molar-refractivity contribution in [1.29, 1.82) is 0 Å². The summed E-state index contributed by atoms with van der Waals surface area (Å²) in [6.07, 6.45) is 0. The molecule has 8 rings (SSSR count). The highest BCUT2D eigenvalue weighted by Gasteiger charge is 2.37. The summed E-state index contributed by atoms with van der Waals surface area (Å²) in [7, 11) is 0. The monoisotopic (exact) mass is 459 g/mol. The van der Waals surface area contributed by atoms with Gasteiger partial charge in [-0.15, -0.1) is 0 Å². The van der Waals surface area contributed by atoms with Gasteiger partial charge < -0.3 is 4.57 Å². The van der Waals surface area contributed by atoms with Crippen LogP contribution in [0.4, 0.5) is 0 Å². The molecule has 0 amide bonds. The highest BCUT2D eigenvalue weighted by molar-refractivity contribution is 6.21. The summed E-state index contributed by atoms with van der Waals surface area (Å²) in [5.74, 6) is 0. The van der Waals surface area contributed by atoms with Crippen LogP contribution in [0, 0.1) is 0 Å². The molecule has 0 radical (unpaired) electrons. The van der Waals surface area contributed by atoms with E-state index in [1.807, 2.05) is 0 Å². The van der Waals surface area contributed by atoms with Crippen molar-refractivity contribution < 1.29 is 0 Å². The van der Waals surface area contributed by atoms with E-state index in [1.54, 1.807) is 0 Å². The van der Waals surface area contributed by atoms with Gasteiger partial charge in [-0.1, -0.05) is 111 Å². The zero-order valence-corrected chi connectivity index (χ0v) is 20.4. The van der Waals surface area contributed by atoms with Gasteiger partial charge in [0.1, 0.15) is 0 Å². The molecule has 170 valence electrons. The lowest BCUT2D eigenvalue weighted by Gasteiger charge is -2.24. The molecule has 0 saturated carbocycles. The standard InChI is InChI=1S/C35H25N/c1-35(2)30-13-7-5-11-26(30)28-19-16-23-17-20-29-27-12-6-8-14-31(27)36(34(29)32(23)33(28)35)25-18-15-22-9-3-4-10-24(22)21-25/h3-21H,1-2H3. The third-order valence-corrected chi connectivity index (χ3v) is 8.32. The van der Waals surface area contributed by atoms with Crippen molar-refractivity contribution >= 4 is 43.4 Å². The first-order valence-electron chi connectivity index (χ1n) is 12.7. The van der Waals surface area contributed by atoms with Gasteiger partial charge in [-0.2, -0.15) is 0 Å². The number of fused-ring (bicyclic) bond motifs is 10. The average Bonchev–Trinajstić information content (AvgIpc) is 3.38. The van der Waals surface area contributed by atoms with Crippen LogP contribution in [-0.4, -0.2) is 4.57 Å². The fourth-order valence-electron chi connectivity index (χ4n) is 6.72. The number of hydrogen-bond donors (Lipinski definition) is 0. The predicted molar refractivity (Wildman–Crippen MR) is 153 cm³/mol. The first-order chi connectivity index (χ1) is 17.6. The SMILES string of the molecule is CC1(C)c2ccccc2-c2ccc3ccc4c5ccccc5n(-c5ccc6ccccc6c5)c4c3c21. The number of aromatic nitrogens is 1. The summed E-state index contributed by atoms with van der Waals surface area (Å²) in [6.45, 7) is 4.78. The summed E-state index contributed by atoms with van der Waals surface area (Å²) in [4.78, 5) is 0. The first-order valence-corrected chi connectivity index (χ1v) is 12.7. The van der Waals surface area contributed by atoms with Gasteiger partial charge in [-0.3, -0.25) is 0 Å². The van der Waals surface area contributed by atoms with E-state index in [4.69, 9.17) is 0 Å². The quantitative estimate of drug-likeness (QED) is 0.230. The molecule has 1 nitrogen and oxygen atoms in total. The van der Waals surface area contributed by atoms with Crippen LogP contribution in [0.3, 0.4) is 0 Å². The predicted octanol–water partition coefficient (Wildman–Crippen LogP) is 9.40. The summed E-state index contributed by atoms with van der Waals surface area (Å²) < 4.78 is 2.50. The van der Waals surface area contributed by atoms with E-state index in [2.05, 4.69) is 134 Å². The van der Waals surface area contributed by atoms with E-state index < -0.39 is 0 Å². The Morgan fingerprint density at radius 1 is 0.556 bits per heavy atom. The fraction of sp³-hybridized carbons (Fsp3) is 0.0857. The summed E-state index contributed by atoms with van der Waals surface area (Å²) in [5.41, 5.74) is 9.27. The first kappa shape index (κ1) is 19.9. The molecule has 1 heteroatoms. The molecular formula is C35H25N. The zero-order chi connectivity index (χ0) is 24.0. The Morgan fingerprint density at radius 2 is 1.28 bits per heavy atom. The van der Waals surface area contributed by atoms with E-state index in [1.165, 1.54) is 71.3 Å². The molecule has 1 aliphatic carbocycles. The smallest absolute Gasteiger partial charge is 0.0622 e. The normalized spacial score (nSPS) is 14.1. The van der Waals surface area contributed by atoms with Crippen molar-refractivity contribution in [3.63, 3.8) is 0 Å². The van der Waals surface area contributed by atoms with E-state index in [0.29, 0.717) is 0 Å². The molecule has 0 atom stereocenters. The molecule has 0 N–H and O–H groups in total. The number of para-hydroxylation sites is 1. The number of benzene rings is 6. The lowest BCUT2D eigenvalue weighted by Crippen LogP contribution is -2.15. The Balaban J connectivity index is 1.60. The molecule has 0 fully saturated rings. The Bertz CT molecular complexity index is 2020. The van der Waals surface area contributed by atoms with E-state index in [-0.39, 0.29) is 5.41 Å². The third kappa shape index (κ3) is 2.45. The van der Waals surface area contributed by atoms with Gasteiger partial charge in [-0.05, 0) is 56.6 Å². The van der Waals surface area contributed by atoms with Crippen molar-refractivity contribution in [2.24, 2.45) is 0 Å². The molecule has 0 saturated heterocycles. The highest BCUT2D eigenvalue weighted by Crippen LogP contribution is 2.53. The van der Waals surface area contributed by atoms with Crippen LogP contribution in [0.5, 0.6) is 0 Å². The minimum Gasteiger partial charge on any atom is -0.309 e. The Labute approximate surface area is 210 Å². The van der Waals surface area contributed by atoms with Crippen LogP contribution in [-0.2, 0) is 5.41 Å². The Hall–Kier alpha value is -4.36. The third-order valence-electron chi connectivity index (χ3n) is 8.32. The van der Waals surface area contributed by atoms with Gasteiger partial charge >= 0.3 is 0 Å². The summed E-state index contributed by atoms with van der Waals surface area (Å²) in [6, 6.07) is 42.6. The van der Waals surface area contributed by atoms with E-state index in [9.17, 15) is 0 Å². The van der Waals surface area contributed by atoms with Crippen molar-refractivity contribution in [3.05, 3.63) is 126 Å². The highest BCUT2D eigenvalue weighted by atomic mass is 15.0.